The van der Waals surface area contributed by atoms with Gasteiger partial charge >= 0.3 is 0 Å². The molecule has 1 rings (SSSR count). The van der Waals surface area contributed by atoms with Gasteiger partial charge in [0.1, 0.15) is 5.75 Å². The van der Waals surface area contributed by atoms with Crippen LogP contribution in [0.2, 0.25) is 0 Å². The van der Waals surface area contributed by atoms with Crippen LogP contribution in [0.5, 0.6) is 5.75 Å². The van der Waals surface area contributed by atoms with Crippen molar-refractivity contribution in [3.8, 4) is 5.75 Å². The number of amides is 2. The average Bonchev–Trinajstić information content (AvgIpc) is 2.52. The number of rotatable bonds is 9. The minimum atomic E-state index is -0.293. The highest BCUT2D eigenvalue weighted by Gasteiger charge is 2.12. The maximum Gasteiger partial charge on any atom is 0.258 e. The fourth-order valence-corrected chi connectivity index (χ4v) is 1.81. The number of benzene rings is 1. The molecule has 2 amide bonds. The molecule has 5 heteroatoms. The van der Waals surface area contributed by atoms with Crippen molar-refractivity contribution in [3.63, 3.8) is 0 Å². The second kappa shape index (κ2) is 9.80. The number of ether oxygens (including phenoxy) is 1. The zero-order valence-corrected chi connectivity index (χ0v) is 12.8. The lowest BCUT2D eigenvalue weighted by Gasteiger charge is -2.20. The summed E-state index contributed by atoms with van der Waals surface area (Å²) in [5, 5.41) is 2.59. The summed E-state index contributed by atoms with van der Waals surface area (Å²) in [6.45, 7) is 5.36. The molecule has 1 aromatic carbocycles. The molecule has 5 nitrogen and oxygen atoms in total. The third kappa shape index (κ3) is 6.79. The molecule has 0 bridgehead atoms. The predicted molar refractivity (Wildman–Crippen MR) is 82.1 cm³/mol. The summed E-state index contributed by atoms with van der Waals surface area (Å²) in [6.07, 6.45) is 2.02. The van der Waals surface area contributed by atoms with Gasteiger partial charge < -0.3 is 15.0 Å². The van der Waals surface area contributed by atoms with Crippen LogP contribution in [0.4, 0.5) is 0 Å². The number of likely N-dealkylation sites (N-methyl/N-ethyl adjacent to an activating group) is 1. The fraction of sp³-hybridized carbons (Fsp3) is 0.500. The SMILES string of the molecule is CCCCN(CC)C(=O)CNC(=O)COc1ccccc1. The summed E-state index contributed by atoms with van der Waals surface area (Å²) in [7, 11) is 0. The van der Waals surface area contributed by atoms with E-state index in [4.69, 9.17) is 4.74 Å². The van der Waals surface area contributed by atoms with Gasteiger partial charge in [-0.05, 0) is 25.5 Å². The summed E-state index contributed by atoms with van der Waals surface area (Å²) >= 11 is 0. The van der Waals surface area contributed by atoms with Gasteiger partial charge in [-0.3, -0.25) is 9.59 Å². The van der Waals surface area contributed by atoms with E-state index in [-0.39, 0.29) is 25.0 Å². The normalized spacial score (nSPS) is 10.0. The second-order valence-corrected chi connectivity index (χ2v) is 4.71. The second-order valence-electron chi connectivity index (χ2n) is 4.71. The first-order valence-electron chi connectivity index (χ1n) is 7.39. The van der Waals surface area contributed by atoms with E-state index in [1.54, 1.807) is 17.0 Å². The van der Waals surface area contributed by atoms with Crippen molar-refractivity contribution in [1.82, 2.24) is 10.2 Å². The molecule has 0 aromatic heterocycles. The van der Waals surface area contributed by atoms with Gasteiger partial charge in [-0.15, -0.1) is 0 Å². The summed E-state index contributed by atoms with van der Waals surface area (Å²) in [5.74, 6) is 0.287. The molecule has 1 aromatic rings. The fourth-order valence-electron chi connectivity index (χ4n) is 1.81. The lowest BCUT2D eigenvalue weighted by Crippen LogP contribution is -2.41. The van der Waals surface area contributed by atoms with Crippen molar-refractivity contribution >= 4 is 11.8 Å². The van der Waals surface area contributed by atoms with Crippen LogP contribution in [0.3, 0.4) is 0 Å². The number of nitrogens with one attached hydrogen (secondary N) is 1. The van der Waals surface area contributed by atoms with Gasteiger partial charge in [-0.1, -0.05) is 31.5 Å². The third-order valence-corrected chi connectivity index (χ3v) is 3.07. The molecular weight excluding hydrogens is 268 g/mol. The van der Waals surface area contributed by atoms with Crippen LogP contribution >= 0.6 is 0 Å². The number of carbonyl (C=O) groups is 2. The van der Waals surface area contributed by atoms with Crippen LogP contribution in [0.15, 0.2) is 30.3 Å². The first kappa shape index (κ1) is 17.0. The zero-order chi connectivity index (χ0) is 15.5. The lowest BCUT2D eigenvalue weighted by atomic mass is 10.3. The van der Waals surface area contributed by atoms with E-state index in [0.717, 1.165) is 19.4 Å². The standard InChI is InChI=1S/C16H24N2O3/c1-3-5-11-18(4-2)16(20)12-17-15(19)13-21-14-9-7-6-8-10-14/h6-10H,3-5,11-13H2,1-2H3,(H,17,19). The van der Waals surface area contributed by atoms with E-state index < -0.39 is 0 Å². The molecule has 0 heterocycles. The van der Waals surface area contributed by atoms with Crippen LogP contribution in [-0.4, -0.2) is 43.0 Å². The molecule has 0 saturated carbocycles. The Kier molecular flexibility index (Phi) is 7.94. The molecule has 1 N–H and O–H groups in total. The van der Waals surface area contributed by atoms with Crippen molar-refractivity contribution in [1.29, 1.82) is 0 Å². The molecular formula is C16H24N2O3. The third-order valence-electron chi connectivity index (χ3n) is 3.07. The van der Waals surface area contributed by atoms with E-state index >= 15 is 0 Å². The van der Waals surface area contributed by atoms with Crippen molar-refractivity contribution in [2.75, 3.05) is 26.2 Å². The molecule has 0 aliphatic carbocycles. The number of hydrogen-bond donors (Lipinski definition) is 1. The Labute approximate surface area is 126 Å². The van der Waals surface area contributed by atoms with E-state index in [0.29, 0.717) is 12.3 Å². The Bertz CT molecular complexity index is 434. The maximum absolute atomic E-state index is 11.9. The molecule has 0 fully saturated rings. The highest BCUT2D eigenvalue weighted by molar-refractivity contribution is 5.85. The Hall–Kier alpha value is -2.04. The monoisotopic (exact) mass is 292 g/mol. The van der Waals surface area contributed by atoms with Crippen LogP contribution in [0.25, 0.3) is 0 Å². The quantitative estimate of drug-likeness (QED) is 0.755. The zero-order valence-electron chi connectivity index (χ0n) is 12.8. The van der Waals surface area contributed by atoms with Crippen molar-refractivity contribution in [3.05, 3.63) is 30.3 Å². The molecule has 0 saturated heterocycles. The molecule has 21 heavy (non-hydrogen) atoms. The minimum Gasteiger partial charge on any atom is -0.484 e. The highest BCUT2D eigenvalue weighted by Crippen LogP contribution is 2.07. The van der Waals surface area contributed by atoms with Crippen LogP contribution in [-0.2, 0) is 9.59 Å². The van der Waals surface area contributed by atoms with Crippen LogP contribution in [0.1, 0.15) is 26.7 Å². The number of nitrogens with zero attached hydrogens (tertiary/aromatic N) is 1. The topological polar surface area (TPSA) is 58.6 Å². The van der Waals surface area contributed by atoms with Crippen LogP contribution in [0, 0.1) is 0 Å². The van der Waals surface area contributed by atoms with E-state index in [1.165, 1.54) is 0 Å². The maximum atomic E-state index is 11.9. The summed E-state index contributed by atoms with van der Waals surface area (Å²) in [4.78, 5) is 25.3. The van der Waals surface area contributed by atoms with Gasteiger partial charge in [0.2, 0.25) is 5.91 Å². The number of hydrogen-bond acceptors (Lipinski definition) is 3. The Morgan fingerprint density at radius 3 is 2.52 bits per heavy atom. The number of para-hydroxylation sites is 1. The number of unbranched alkanes of at least 4 members (excludes halogenated alkanes) is 1. The predicted octanol–water partition coefficient (Wildman–Crippen LogP) is 1.83. The van der Waals surface area contributed by atoms with Gasteiger partial charge in [0.15, 0.2) is 6.61 Å². The van der Waals surface area contributed by atoms with Gasteiger partial charge in [-0.2, -0.15) is 0 Å². The van der Waals surface area contributed by atoms with Gasteiger partial charge in [0.05, 0.1) is 6.54 Å². The van der Waals surface area contributed by atoms with Gasteiger partial charge in [0.25, 0.3) is 5.91 Å². The first-order valence-corrected chi connectivity index (χ1v) is 7.39. The Morgan fingerprint density at radius 1 is 1.19 bits per heavy atom. The van der Waals surface area contributed by atoms with E-state index in [9.17, 15) is 9.59 Å². The molecule has 0 aliphatic rings. The average molecular weight is 292 g/mol. The van der Waals surface area contributed by atoms with Crippen molar-refractivity contribution < 1.29 is 14.3 Å². The summed E-state index contributed by atoms with van der Waals surface area (Å²) < 4.78 is 5.31. The van der Waals surface area contributed by atoms with Crippen LogP contribution < -0.4 is 10.1 Å². The highest BCUT2D eigenvalue weighted by atomic mass is 16.5. The lowest BCUT2D eigenvalue weighted by molar-refractivity contribution is -0.133. The molecule has 0 atom stereocenters. The van der Waals surface area contributed by atoms with E-state index in [2.05, 4.69) is 12.2 Å². The molecule has 0 aliphatic heterocycles. The number of carbonyl (C=O) groups excluding carboxylic acids is 2. The Morgan fingerprint density at radius 2 is 1.90 bits per heavy atom. The van der Waals surface area contributed by atoms with Crippen molar-refractivity contribution in [2.24, 2.45) is 0 Å². The molecule has 0 unspecified atom stereocenters. The van der Waals surface area contributed by atoms with E-state index in [1.807, 2.05) is 25.1 Å². The summed E-state index contributed by atoms with van der Waals surface area (Å²) in [6, 6.07) is 9.11. The largest absolute Gasteiger partial charge is 0.484 e. The Balaban J connectivity index is 2.26. The van der Waals surface area contributed by atoms with Gasteiger partial charge in [0, 0.05) is 13.1 Å². The molecule has 0 radical (unpaired) electrons. The molecule has 0 spiro atoms. The van der Waals surface area contributed by atoms with Gasteiger partial charge in [-0.25, -0.2) is 0 Å². The minimum absolute atomic E-state index is 0.0224. The van der Waals surface area contributed by atoms with Crippen molar-refractivity contribution in [2.45, 2.75) is 26.7 Å². The molecule has 116 valence electrons. The smallest absolute Gasteiger partial charge is 0.258 e. The first-order chi connectivity index (χ1) is 10.2. The summed E-state index contributed by atoms with van der Waals surface area (Å²) in [5.41, 5.74) is 0.